The van der Waals surface area contributed by atoms with Gasteiger partial charge < -0.3 is 10.2 Å². The Balaban J connectivity index is 1.50. The van der Waals surface area contributed by atoms with Crippen LogP contribution in [0.3, 0.4) is 0 Å². The monoisotopic (exact) mass is 315 g/mol. The standard InChI is InChI=1S/C16H18ClN5/c17-13-9-14(21-16(20-13)11-3-4-11)19-12-5-6-15(18-10-12)22-7-1-2-8-22/h5-6,9-11H,1-4,7-8H2,(H,19,20,21). The fourth-order valence-corrected chi connectivity index (χ4v) is 2.95. The van der Waals surface area contributed by atoms with E-state index in [1.165, 1.54) is 12.8 Å². The normalized spacial score (nSPS) is 17.8. The van der Waals surface area contributed by atoms with Crippen LogP contribution in [0.5, 0.6) is 0 Å². The fourth-order valence-electron chi connectivity index (χ4n) is 2.76. The predicted octanol–water partition coefficient (Wildman–Crippen LogP) is 3.75. The number of hydrogen-bond donors (Lipinski definition) is 1. The molecule has 22 heavy (non-hydrogen) atoms. The Hall–Kier alpha value is -1.88. The molecule has 0 bridgehead atoms. The molecule has 1 saturated heterocycles. The van der Waals surface area contributed by atoms with Gasteiger partial charge in [-0.2, -0.15) is 0 Å². The molecule has 5 nitrogen and oxygen atoms in total. The second kappa shape index (κ2) is 5.72. The molecule has 0 spiro atoms. The highest BCUT2D eigenvalue weighted by Gasteiger charge is 2.27. The summed E-state index contributed by atoms with van der Waals surface area (Å²) in [5, 5.41) is 3.76. The predicted molar refractivity (Wildman–Crippen MR) is 88.0 cm³/mol. The second-order valence-corrected chi connectivity index (χ2v) is 6.32. The lowest BCUT2D eigenvalue weighted by atomic mass is 10.3. The number of nitrogens with zero attached hydrogens (tertiary/aromatic N) is 4. The topological polar surface area (TPSA) is 53.9 Å². The first-order valence-corrected chi connectivity index (χ1v) is 8.18. The Morgan fingerprint density at radius 2 is 1.95 bits per heavy atom. The lowest BCUT2D eigenvalue weighted by molar-refractivity contribution is 0.929. The maximum Gasteiger partial charge on any atom is 0.135 e. The van der Waals surface area contributed by atoms with Crippen molar-refractivity contribution in [2.75, 3.05) is 23.3 Å². The van der Waals surface area contributed by atoms with Crippen LogP contribution in [-0.2, 0) is 0 Å². The molecule has 0 radical (unpaired) electrons. The number of pyridine rings is 1. The summed E-state index contributed by atoms with van der Waals surface area (Å²) in [6, 6.07) is 5.84. The van der Waals surface area contributed by atoms with Crippen molar-refractivity contribution in [3.05, 3.63) is 35.4 Å². The summed E-state index contributed by atoms with van der Waals surface area (Å²) < 4.78 is 0. The lowest BCUT2D eigenvalue weighted by Gasteiger charge is -2.16. The van der Waals surface area contributed by atoms with E-state index in [1.54, 1.807) is 6.07 Å². The first-order valence-electron chi connectivity index (χ1n) is 7.80. The van der Waals surface area contributed by atoms with Gasteiger partial charge in [-0.25, -0.2) is 15.0 Å². The molecule has 114 valence electrons. The molecule has 1 N–H and O–H groups in total. The van der Waals surface area contributed by atoms with E-state index in [9.17, 15) is 0 Å². The quantitative estimate of drug-likeness (QED) is 0.871. The van der Waals surface area contributed by atoms with Gasteiger partial charge in [0, 0.05) is 25.1 Å². The Morgan fingerprint density at radius 3 is 2.64 bits per heavy atom. The zero-order chi connectivity index (χ0) is 14.9. The minimum absolute atomic E-state index is 0.481. The average Bonchev–Trinajstić information content (AvgIpc) is 3.23. The third kappa shape index (κ3) is 2.99. The summed E-state index contributed by atoms with van der Waals surface area (Å²) in [4.78, 5) is 15.7. The number of hydrogen-bond acceptors (Lipinski definition) is 5. The van der Waals surface area contributed by atoms with Crippen LogP contribution in [0.15, 0.2) is 24.4 Å². The van der Waals surface area contributed by atoms with Crippen LogP contribution >= 0.6 is 11.6 Å². The van der Waals surface area contributed by atoms with Crippen LogP contribution in [0, 0.1) is 0 Å². The van der Waals surface area contributed by atoms with Crippen molar-refractivity contribution in [1.82, 2.24) is 15.0 Å². The SMILES string of the molecule is Clc1cc(Nc2ccc(N3CCCC3)nc2)nc(C2CC2)n1. The summed E-state index contributed by atoms with van der Waals surface area (Å²) in [6.07, 6.45) is 6.67. The molecule has 1 aliphatic heterocycles. The van der Waals surface area contributed by atoms with Gasteiger partial charge in [-0.05, 0) is 37.8 Å². The molecule has 2 fully saturated rings. The van der Waals surface area contributed by atoms with Crippen LogP contribution < -0.4 is 10.2 Å². The summed E-state index contributed by atoms with van der Waals surface area (Å²) in [5.41, 5.74) is 0.916. The zero-order valence-corrected chi connectivity index (χ0v) is 13.1. The molecule has 0 amide bonds. The van der Waals surface area contributed by atoms with Crippen molar-refractivity contribution < 1.29 is 0 Å². The van der Waals surface area contributed by atoms with E-state index in [4.69, 9.17) is 11.6 Å². The van der Waals surface area contributed by atoms with Crippen LogP contribution in [0.2, 0.25) is 5.15 Å². The largest absolute Gasteiger partial charge is 0.357 e. The highest BCUT2D eigenvalue weighted by molar-refractivity contribution is 6.29. The van der Waals surface area contributed by atoms with Crippen molar-refractivity contribution in [3.63, 3.8) is 0 Å². The molecule has 6 heteroatoms. The van der Waals surface area contributed by atoms with Gasteiger partial charge in [-0.1, -0.05) is 11.6 Å². The maximum atomic E-state index is 6.09. The van der Waals surface area contributed by atoms with Crippen molar-refractivity contribution in [1.29, 1.82) is 0 Å². The minimum atomic E-state index is 0.481. The molecular formula is C16H18ClN5. The molecule has 2 aromatic rings. The molecular weight excluding hydrogens is 298 g/mol. The van der Waals surface area contributed by atoms with Gasteiger partial charge in [0.25, 0.3) is 0 Å². The summed E-state index contributed by atoms with van der Waals surface area (Å²) >= 11 is 6.09. The van der Waals surface area contributed by atoms with Gasteiger partial charge in [0.05, 0.1) is 11.9 Å². The van der Waals surface area contributed by atoms with E-state index in [0.717, 1.165) is 49.1 Å². The third-order valence-electron chi connectivity index (χ3n) is 4.11. The molecule has 0 unspecified atom stereocenters. The molecule has 0 aromatic carbocycles. The average molecular weight is 316 g/mol. The number of rotatable bonds is 4. The van der Waals surface area contributed by atoms with Gasteiger partial charge >= 0.3 is 0 Å². The Bertz CT molecular complexity index is 663. The molecule has 2 aliphatic rings. The van der Waals surface area contributed by atoms with E-state index in [-0.39, 0.29) is 0 Å². The zero-order valence-electron chi connectivity index (χ0n) is 12.3. The van der Waals surface area contributed by atoms with E-state index in [1.807, 2.05) is 12.3 Å². The van der Waals surface area contributed by atoms with Crippen molar-refractivity contribution in [3.8, 4) is 0 Å². The van der Waals surface area contributed by atoms with E-state index in [2.05, 4.69) is 31.2 Å². The highest BCUT2D eigenvalue weighted by Crippen LogP contribution is 2.39. The van der Waals surface area contributed by atoms with Gasteiger partial charge in [0.15, 0.2) is 0 Å². The summed E-state index contributed by atoms with van der Waals surface area (Å²) in [6.45, 7) is 2.21. The minimum Gasteiger partial charge on any atom is -0.357 e. The van der Waals surface area contributed by atoms with E-state index >= 15 is 0 Å². The molecule has 2 aromatic heterocycles. The van der Waals surface area contributed by atoms with Crippen molar-refractivity contribution >= 4 is 28.9 Å². The Labute approximate surface area is 134 Å². The van der Waals surface area contributed by atoms with Gasteiger partial charge in [-0.3, -0.25) is 0 Å². The van der Waals surface area contributed by atoms with Crippen LogP contribution in [0.1, 0.15) is 37.4 Å². The van der Waals surface area contributed by atoms with Gasteiger partial charge in [0.1, 0.15) is 22.6 Å². The number of anilines is 3. The summed E-state index contributed by atoms with van der Waals surface area (Å²) in [7, 11) is 0. The molecule has 3 heterocycles. The lowest BCUT2D eigenvalue weighted by Crippen LogP contribution is -2.18. The Morgan fingerprint density at radius 1 is 1.14 bits per heavy atom. The van der Waals surface area contributed by atoms with Crippen LogP contribution in [0.4, 0.5) is 17.3 Å². The van der Waals surface area contributed by atoms with Crippen LogP contribution in [0.25, 0.3) is 0 Å². The van der Waals surface area contributed by atoms with Crippen LogP contribution in [-0.4, -0.2) is 28.0 Å². The van der Waals surface area contributed by atoms with E-state index < -0.39 is 0 Å². The second-order valence-electron chi connectivity index (χ2n) is 5.93. The van der Waals surface area contributed by atoms with E-state index in [0.29, 0.717) is 11.1 Å². The number of aromatic nitrogens is 3. The first kappa shape index (κ1) is 13.8. The molecule has 0 atom stereocenters. The highest BCUT2D eigenvalue weighted by atomic mass is 35.5. The van der Waals surface area contributed by atoms with Gasteiger partial charge in [-0.15, -0.1) is 0 Å². The van der Waals surface area contributed by atoms with Gasteiger partial charge in [0.2, 0.25) is 0 Å². The third-order valence-corrected chi connectivity index (χ3v) is 4.30. The number of nitrogens with one attached hydrogen (secondary N) is 1. The first-order chi connectivity index (χ1) is 10.8. The van der Waals surface area contributed by atoms with Crippen molar-refractivity contribution in [2.24, 2.45) is 0 Å². The number of halogens is 1. The molecule has 4 rings (SSSR count). The summed E-state index contributed by atoms with van der Waals surface area (Å²) in [5.74, 6) is 3.10. The van der Waals surface area contributed by atoms with Crippen molar-refractivity contribution in [2.45, 2.75) is 31.6 Å². The smallest absolute Gasteiger partial charge is 0.135 e. The Kier molecular flexibility index (Phi) is 3.58. The molecule has 1 saturated carbocycles. The maximum absolute atomic E-state index is 6.09. The fraction of sp³-hybridized carbons (Fsp3) is 0.438. The molecule has 1 aliphatic carbocycles.